The third kappa shape index (κ3) is 5.24. The largest absolute Gasteiger partial charge is 0.390 e. The Hall–Kier alpha value is -1.22. The van der Waals surface area contributed by atoms with E-state index in [4.69, 9.17) is 12.2 Å². The van der Waals surface area contributed by atoms with Crippen molar-refractivity contribution in [2.24, 2.45) is 0 Å². The van der Waals surface area contributed by atoms with Crippen LogP contribution in [0.2, 0.25) is 0 Å². The number of hydrogen-bond donors (Lipinski definition) is 4. The summed E-state index contributed by atoms with van der Waals surface area (Å²) in [6, 6.07) is 9.17. The fourth-order valence-electron chi connectivity index (χ4n) is 2.15. The Morgan fingerprint density at radius 3 is 2.57 bits per heavy atom. The minimum absolute atomic E-state index is 0.0130. The lowest BCUT2D eigenvalue weighted by Crippen LogP contribution is -2.43. The van der Waals surface area contributed by atoms with Crippen molar-refractivity contribution in [1.82, 2.24) is 10.6 Å². The number of benzene rings is 1. The Morgan fingerprint density at radius 1 is 1.24 bits per heavy atom. The van der Waals surface area contributed by atoms with Crippen molar-refractivity contribution < 1.29 is 13.5 Å². The molecule has 0 bridgehead atoms. The molecule has 0 amide bonds. The molecular formula is C13H19N3O3S2. The third-order valence-electron chi connectivity index (χ3n) is 3.17. The van der Waals surface area contributed by atoms with Gasteiger partial charge in [-0.2, -0.15) is 0 Å². The first-order valence-electron chi connectivity index (χ1n) is 6.68. The van der Waals surface area contributed by atoms with Crippen molar-refractivity contribution >= 4 is 32.9 Å². The van der Waals surface area contributed by atoms with Crippen molar-refractivity contribution in [1.29, 1.82) is 0 Å². The van der Waals surface area contributed by atoms with Crippen molar-refractivity contribution in [2.45, 2.75) is 12.1 Å². The molecule has 1 aliphatic heterocycles. The molecule has 0 unspecified atom stereocenters. The Kier molecular flexibility index (Phi) is 5.51. The molecule has 2 atom stereocenters. The highest BCUT2D eigenvalue weighted by Gasteiger charge is 2.35. The molecule has 1 aromatic rings. The number of rotatable bonds is 5. The first-order valence-corrected chi connectivity index (χ1v) is 8.91. The minimum Gasteiger partial charge on any atom is -0.390 e. The van der Waals surface area contributed by atoms with Gasteiger partial charge in [0.25, 0.3) is 0 Å². The summed E-state index contributed by atoms with van der Waals surface area (Å²) in [6.07, 6.45) is -0.829. The van der Waals surface area contributed by atoms with E-state index in [0.29, 0.717) is 18.2 Å². The number of aliphatic hydroxyl groups is 1. The number of anilines is 1. The van der Waals surface area contributed by atoms with Crippen LogP contribution in [0.1, 0.15) is 0 Å². The van der Waals surface area contributed by atoms with Gasteiger partial charge in [-0.05, 0) is 24.4 Å². The van der Waals surface area contributed by atoms with Crippen molar-refractivity contribution in [3.63, 3.8) is 0 Å². The lowest BCUT2D eigenvalue weighted by molar-refractivity contribution is 0.166. The molecule has 0 aliphatic carbocycles. The molecule has 116 valence electrons. The highest BCUT2D eigenvalue weighted by atomic mass is 32.2. The lowest BCUT2D eigenvalue weighted by atomic mass is 10.2. The average molecular weight is 329 g/mol. The lowest BCUT2D eigenvalue weighted by Gasteiger charge is -2.16. The molecule has 0 radical (unpaired) electrons. The van der Waals surface area contributed by atoms with Crippen LogP contribution in [0.25, 0.3) is 0 Å². The smallest absolute Gasteiger partial charge is 0.170 e. The molecule has 1 fully saturated rings. The summed E-state index contributed by atoms with van der Waals surface area (Å²) in [6.45, 7) is 1.07. The summed E-state index contributed by atoms with van der Waals surface area (Å²) in [5, 5.41) is 19.2. The van der Waals surface area contributed by atoms with E-state index in [0.717, 1.165) is 5.69 Å². The van der Waals surface area contributed by atoms with Crippen LogP contribution in [0.15, 0.2) is 30.3 Å². The van der Waals surface area contributed by atoms with Crippen LogP contribution in [0.4, 0.5) is 5.69 Å². The summed E-state index contributed by atoms with van der Waals surface area (Å²) < 4.78 is 22.7. The van der Waals surface area contributed by atoms with Gasteiger partial charge in [-0.25, -0.2) is 8.42 Å². The predicted octanol–water partition coefficient (Wildman–Crippen LogP) is -0.279. The highest BCUT2D eigenvalue weighted by Crippen LogP contribution is 2.11. The monoisotopic (exact) mass is 329 g/mol. The van der Waals surface area contributed by atoms with Crippen LogP contribution in [0.3, 0.4) is 0 Å². The van der Waals surface area contributed by atoms with Crippen molar-refractivity contribution in [3.8, 4) is 0 Å². The minimum atomic E-state index is -3.11. The van der Waals surface area contributed by atoms with E-state index >= 15 is 0 Å². The number of hydrogen-bond acceptors (Lipinski definition) is 5. The van der Waals surface area contributed by atoms with E-state index in [-0.39, 0.29) is 11.5 Å². The second-order valence-electron chi connectivity index (χ2n) is 4.95. The van der Waals surface area contributed by atoms with Gasteiger partial charge in [0.2, 0.25) is 0 Å². The van der Waals surface area contributed by atoms with Crippen molar-refractivity contribution in [2.75, 3.05) is 29.9 Å². The van der Waals surface area contributed by atoms with Crippen LogP contribution in [0, 0.1) is 0 Å². The predicted molar refractivity (Wildman–Crippen MR) is 87.1 cm³/mol. The van der Waals surface area contributed by atoms with Crippen molar-refractivity contribution in [3.05, 3.63) is 30.3 Å². The number of aliphatic hydroxyl groups excluding tert-OH is 1. The maximum atomic E-state index is 11.3. The number of para-hydroxylation sites is 1. The molecule has 1 aliphatic rings. The van der Waals surface area contributed by atoms with E-state index in [9.17, 15) is 13.5 Å². The van der Waals surface area contributed by atoms with Gasteiger partial charge in [0, 0.05) is 24.8 Å². The second kappa shape index (κ2) is 7.17. The Morgan fingerprint density at radius 2 is 1.95 bits per heavy atom. The Labute approximate surface area is 129 Å². The molecule has 1 aromatic carbocycles. The molecule has 21 heavy (non-hydrogen) atoms. The number of sulfone groups is 1. The number of nitrogens with one attached hydrogen (secondary N) is 3. The van der Waals surface area contributed by atoms with Gasteiger partial charge < -0.3 is 21.1 Å². The molecule has 4 N–H and O–H groups in total. The first-order chi connectivity index (χ1) is 9.96. The van der Waals surface area contributed by atoms with Crippen LogP contribution >= 0.6 is 12.2 Å². The summed E-state index contributed by atoms with van der Waals surface area (Å²) in [7, 11) is -3.11. The zero-order chi connectivity index (χ0) is 15.3. The SMILES string of the molecule is O=S1(=O)C[C@H](O)[C@H](NCCNC(=S)Nc2ccccc2)C1. The van der Waals surface area contributed by atoms with Gasteiger partial charge in [0.15, 0.2) is 14.9 Å². The van der Waals surface area contributed by atoms with E-state index in [1.807, 2.05) is 30.3 Å². The summed E-state index contributed by atoms with van der Waals surface area (Å²) in [4.78, 5) is 0. The molecule has 1 saturated heterocycles. The molecule has 0 saturated carbocycles. The molecule has 2 rings (SSSR count). The van der Waals surface area contributed by atoms with Crippen LogP contribution in [-0.2, 0) is 9.84 Å². The molecule has 1 heterocycles. The maximum Gasteiger partial charge on any atom is 0.170 e. The van der Waals surface area contributed by atoms with Gasteiger partial charge in [-0.15, -0.1) is 0 Å². The molecular weight excluding hydrogens is 310 g/mol. The molecule has 0 spiro atoms. The second-order valence-corrected chi connectivity index (χ2v) is 7.51. The van der Waals surface area contributed by atoms with Gasteiger partial charge >= 0.3 is 0 Å². The molecule has 0 aromatic heterocycles. The topological polar surface area (TPSA) is 90.5 Å². The fraction of sp³-hybridized carbons (Fsp3) is 0.462. The quantitative estimate of drug-likeness (QED) is 0.436. The van der Waals surface area contributed by atoms with Crippen LogP contribution < -0.4 is 16.0 Å². The van der Waals surface area contributed by atoms with Crippen LogP contribution in [-0.4, -0.2) is 55.4 Å². The zero-order valence-electron chi connectivity index (χ0n) is 11.5. The number of thiocarbonyl (C=S) groups is 1. The third-order valence-corrected chi connectivity index (χ3v) is 5.13. The maximum absolute atomic E-state index is 11.3. The Bertz CT molecular complexity index is 578. The van der Waals surface area contributed by atoms with Crippen LogP contribution in [0.5, 0.6) is 0 Å². The van der Waals surface area contributed by atoms with E-state index in [2.05, 4.69) is 16.0 Å². The van der Waals surface area contributed by atoms with E-state index in [1.165, 1.54) is 0 Å². The standard InChI is InChI=1S/C13H19N3O3S2/c17-12-9-21(18,19)8-11(12)14-6-7-15-13(20)16-10-4-2-1-3-5-10/h1-5,11-12,14,17H,6-9H2,(H2,15,16,20)/t11-,12+/m1/s1. The highest BCUT2D eigenvalue weighted by molar-refractivity contribution is 7.91. The Balaban J connectivity index is 1.65. The summed E-state index contributed by atoms with van der Waals surface area (Å²) >= 11 is 5.15. The van der Waals surface area contributed by atoms with E-state index < -0.39 is 22.0 Å². The average Bonchev–Trinajstić information content (AvgIpc) is 2.68. The molecule has 6 nitrogen and oxygen atoms in total. The van der Waals surface area contributed by atoms with Gasteiger partial charge in [-0.3, -0.25) is 0 Å². The van der Waals surface area contributed by atoms with E-state index in [1.54, 1.807) is 0 Å². The summed E-state index contributed by atoms with van der Waals surface area (Å²) in [5.41, 5.74) is 0.903. The van der Waals surface area contributed by atoms with Gasteiger partial charge in [0.1, 0.15) is 0 Å². The fourth-order valence-corrected chi connectivity index (χ4v) is 4.15. The zero-order valence-corrected chi connectivity index (χ0v) is 13.1. The first kappa shape index (κ1) is 16.2. The van der Waals surface area contributed by atoms with Gasteiger partial charge in [-0.1, -0.05) is 18.2 Å². The molecule has 8 heteroatoms. The summed E-state index contributed by atoms with van der Waals surface area (Å²) in [5.74, 6) is -0.174. The van der Waals surface area contributed by atoms with Gasteiger partial charge in [0.05, 0.1) is 17.6 Å². The normalized spacial score (nSPS) is 23.7.